The number of nitrogens with one attached hydrogen (secondary N) is 2. The van der Waals surface area contributed by atoms with E-state index >= 15 is 0 Å². The molecule has 0 aliphatic heterocycles. The number of amides is 2. The van der Waals surface area contributed by atoms with Gasteiger partial charge in [-0.25, -0.2) is 4.79 Å². The van der Waals surface area contributed by atoms with Gasteiger partial charge in [0.25, 0.3) is 0 Å². The summed E-state index contributed by atoms with van der Waals surface area (Å²) in [6.07, 6.45) is 0.0769. The van der Waals surface area contributed by atoms with E-state index in [0.717, 1.165) is 16.7 Å². The monoisotopic (exact) mass is 350 g/mol. The van der Waals surface area contributed by atoms with Crippen molar-refractivity contribution in [3.8, 4) is 0 Å². The summed E-state index contributed by atoms with van der Waals surface area (Å²) in [6, 6.07) is 3.02. The predicted molar refractivity (Wildman–Crippen MR) is 98.8 cm³/mol. The van der Waals surface area contributed by atoms with E-state index < -0.39 is 17.7 Å². The largest absolute Gasteiger partial charge is 0.444 e. The molecular formula is C19H30N2O4. The van der Waals surface area contributed by atoms with Crippen LogP contribution in [0.25, 0.3) is 0 Å². The number of rotatable bonds is 6. The number of ether oxygens (including phenoxy) is 1. The van der Waals surface area contributed by atoms with E-state index in [2.05, 4.69) is 10.6 Å². The average Bonchev–Trinajstić information content (AvgIpc) is 2.50. The smallest absolute Gasteiger partial charge is 0.408 e. The molecule has 0 saturated carbocycles. The van der Waals surface area contributed by atoms with Gasteiger partial charge in [-0.1, -0.05) is 6.07 Å². The Labute approximate surface area is 150 Å². The number of aliphatic hydroxyl groups excluding tert-OH is 1. The molecular weight excluding hydrogens is 320 g/mol. The Morgan fingerprint density at radius 2 is 1.80 bits per heavy atom. The first-order valence-electron chi connectivity index (χ1n) is 8.53. The van der Waals surface area contributed by atoms with Gasteiger partial charge in [-0.2, -0.15) is 0 Å². The molecule has 0 bridgehead atoms. The fraction of sp³-hybridized carbons (Fsp3) is 0.579. The van der Waals surface area contributed by atoms with Gasteiger partial charge >= 0.3 is 6.09 Å². The highest BCUT2D eigenvalue weighted by Gasteiger charge is 2.24. The van der Waals surface area contributed by atoms with Crippen LogP contribution in [0.2, 0.25) is 0 Å². The van der Waals surface area contributed by atoms with E-state index in [0.29, 0.717) is 18.5 Å². The van der Waals surface area contributed by atoms with Crippen molar-refractivity contribution in [2.75, 3.05) is 11.9 Å². The van der Waals surface area contributed by atoms with Crippen molar-refractivity contribution in [2.45, 2.75) is 66.0 Å². The van der Waals surface area contributed by atoms with Gasteiger partial charge in [0, 0.05) is 12.3 Å². The third-order valence-corrected chi connectivity index (χ3v) is 3.97. The molecule has 25 heavy (non-hydrogen) atoms. The lowest BCUT2D eigenvalue weighted by atomic mass is 10.0. The van der Waals surface area contributed by atoms with Gasteiger partial charge in [0.2, 0.25) is 5.91 Å². The molecule has 0 aliphatic rings. The summed E-state index contributed by atoms with van der Waals surface area (Å²) in [5.74, 6) is -0.328. The highest BCUT2D eigenvalue weighted by atomic mass is 16.6. The van der Waals surface area contributed by atoms with Crippen LogP contribution in [0.1, 0.15) is 50.3 Å². The van der Waals surface area contributed by atoms with Crippen LogP contribution in [0.3, 0.4) is 0 Å². The topological polar surface area (TPSA) is 87.7 Å². The van der Waals surface area contributed by atoms with Gasteiger partial charge in [0.15, 0.2) is 0 Å². The highest BCUT2D eigenvalue weighted by molar-refractivity contribution is 5.97. The van der Waals surface area contributed by atoms with Crippen LogP contribution in [-0.2, 0) is 9.53 Å². The van der Waals surface area contributed by atoms with Crippen molar-refractivity contribution in [3.05, 3.63) is 28.8 Å². The van der Waals surface area contributed by atoms with Gasteiger partial charge in [0.05, 0.1) is 0 Å². The standard InChI is InChI=1S/C19H30N2O4/c1-12-9-10-15(14(3)13(12)2)20-17(23)16(8-7-11-22)21-18(24)25-19(4,5)6/h9-10,16,22H,7-8,11H2,1-6H3,(H,20,23)(H,21,24). The number of hydrogen-bond acceptors (Lipinski definition) is 4. The average molecular weight is 350 g/mol. The van der Waals surface area contributed by atoms with Gasteiger partial charge < -0.3 is 20.5 Å². The van der Waals surface area contributed by atoms with Crippen LogP contribution in [-0.4, -0.2) is 35.4 Å². The molecule has 1 aromatic carbocycles. The number of hydrogen-bond donors (Lipinski definition) is 3. The predicted octanol–water partition coefficient (Wildman–Crippen LogP) is 3.22. The minimum Gasteiger partial charge on any atom is -0.444 e. The van der Waals surface area contributed by atoms with Gasteiger partial charge in [-0.3, -0.25) is 4.79 Å². The fourth-order valence-electron chi connectivity index (χ4n) is 2.33. The molecule has 1 rings (SSSR count). The zero-order chi connectivity index (χ0) is 19.2. The van der Waals surface area contributed by atoms with Crippen molar-refractivity contribution in [2.24, 2.45) is 0 Å². The molecule has 140 valence electrons. The Morgan fingerprint density at radius 3 is 2.36 bits per heavy atom. The zero-order valence-corrected chi connectivity index (χ0v) is 16.0. The molecule has 0 heterocycles. The SMILES string of the molecule is Cc1ccc(NC(=O)C(CCCO)NC(=O)OC(C)(C)C)c(C)c1C. The molecule has 1 unspecified atom stereocenters. The Bertz CT molecular complexity index is 621. The number of benzene rings is 1. The van der Waals surface area contributed by atoms with Crippen molar-refractivity contribution in [1.29, 1.82) is 0 Å². The van der Waals surface area contributed by atoms with E-state index in [9.17, 15) is 9.59 Å². The first-order chi connectivity index (χ1) is 11.5. The van der Waals surface area contributed by atoms with Crippen molar-refractivity contribution < 1.29 is 19.4 Å². The van der Waals surface area contributed by atoms with Crippen LogP contribution >= 0.6 is 0 Å². The van der Waals surface area contributed by atoms with Crippen LogP contribution in [0.5, 0.6) is 0 Å². The van der Waals surface area contributed by atoms with Crippen LogP contribution < -0.4 is 10.6 Å². The molecule has 6 nitrogen and oxygen atoms in total. The Hall–Kier alpha value is -2.08. The van der Waals surface area contributed by atoms with E-state index in [1.165, 1.54) is 0 Å². The third kappa shape index (κ3) is 6.74. The molecule has 0 saturated heterocycles. The molecule has 1 atom stereocenters. The molecule has 1 aromatic rings. The number of alkyl carbamates (subject to hydrolysis) is 1. The maximum Gasteiger partial charge on any atom is 0.408 e. The molecule has 0 radical (unpaired) electrons. The quantitative estimate of drug-likeness (QED) is 0.735. The minimum atomic E-state index is -0.775. The first-order valence-corrected chi connectivity index (χ1v) is 8.53. The Balaban J connectivity index is 2.86. The summed E-state index contributed by atoms with van der Waals surface area (Å²) in [6.45, 7) is 11.2. The van der Waals surface area contributed by atoms with Crippen molar-refractivity contribution in [1.82, 2.24) is 5.32 Å². The van der Waals surface area contributed by atoms with E-state index in [-0.39, 0.29) is 12.5 Å². The van der Waals surface area contributed by atoms with Crippen LogP contribution in [0.15, 0.2) is 12.1 Å². The number of carbonyl (C=O) groups is 2. The summed E-state index contributed by atoms with van der Waals surface area (Å²) in [5, 5.41) is 14.5. The lowest BCUT2D eigenvalue weighted by molar-refractivity contribution is -0.118. The molecule has 3 N–H and O–H groups in total. The summed E-state index contributed by atoms with van der Waals surface area (Å²) < 4.78 is 5.21. The third-order valence-electron chi connectivity index (χ3n) is 3.97. The summed E-state index contributed by atoms with van der Waals surface area (Å²) in [5.41, 5.74) is 3.33. The Morgan fingerprint density at radius 1 is 1.16 bits per heavy atom. The summed E-state index contributed by atoms with van der Waals surface area (Å²) >= 11 is 0. The molecule has 0 fully saturated rings. The van der Waals surface area contributed by atoms with Crippen LogP contribution in [0.4, 0.5) is 10.5 Å². The van der Waals surface area contributed by atoms with E-state index in [4.69, 9.17) is 9.84 Å². The highest BCUT2D eigenvalue weighted by Crippen LogP contribution is 2.22. The number of aryl methyl sites for hydroxylation is 1. The maximum absolute atomic E-state index is 12.6. The maximum atomic E-state index is 12.6. The number of aliphatic hydroxyl groups is 1. The van der Waals surface area contributed by atoms with Gasteiger partial charge in [-0.15, -0.1) is 0 Å². The number of anilines is 1. The Kier molecular flexibility index (Phi) is 7.42. The second-order valence-electron chi connectivity index (χ2n) is 7.23. The molecule has 2 amide bonds. The second-order valence-corrected chi connectivity index (χ2v) is 7.23. The fourth-order valence-corrected chi connectivity index (χ4v) is 2.33. The molecule has 0 aromatic heterocycles. The zero-order valence-electron chi connectivity index (χ0n) is 16.0. The van der Waals surface area contributed by atoms with Crippen LogP contribution in [0, 0.1) is 20.8 Å². The molecule has 0 spiro atoms. The lowest BCUT2D eigenvalue weighted by Gasteiger charge is -2.23. The molecule has 6 heteroatoms. The lowest BCUT2D eigenvalue weighted by Crippen LogP contribution is -2.46. The van der Waals surface area contributed by atoms with E-state index in [1.54, 1.807) is 20.8 Å². The van der Waals surface area contributed by atoms with Crippen molar-refractivity contribution in [3.63, 3.8) is 0 Å². The van der Waals surface area contributed by atoms with Gasteiger partial charge in [0.1, 0.15) is 11.6 Å². The summed E-state index contributed by atoms with van der Waals surface area (Å²) in [4.78, 5) is 24.6. The molecule has 0 aliphatic carbocycles. The normalized spacial score (nSPS) is 12.4. The van der Waals surface area contributed by atoms with Gasteiger partial charge in [-0.05, 0) is 77.1 Å². The summed E-state index contributed by atoms with van der Waals surface area (Å²) in [7, 11) is 0. The second kappa shape index (κ2) is 8.85. The minimum absolute atomic E-state index is 0.0531. The number of carbonyl (C=O) groups excluding carboxylic acids is 2. The first kappa shape index (κ1) is 21.0. The van der Waals surface area contributed by atoms with Crippen molar-refractivity contribution >= 4 is 17.7 Å². The van der Waals surface area contributed by atoms with E-state index in [1.807, 2.05) is 32.9 Å².